The van der Waals surface area contributed by atoms with E-state index in [0.717, 1.165) is 43.2 Å². The molecule has 0 spiro atoms. The Balaban J connectivity index is 1.75. The highest BCUT2D eigenvalue weighted by atomic mass is 32.2. The van der Waals surface area contributed by atoms with Gasteiger partial charge in [-0.15, -0.1) is 10.2 Å². The van der Waals surface area contributed by atoms with Crippen LogP contribution in [0.15, 0.2) is 35.2 Å². The third-order valence-corrected chi connectivity index (χ3v) is 6.13. The maximum absolute atomic E-state index is 12.6. The van der Waals surface area contributed by atoms with Gasteiger partial charge in [0.15, 0.2) is 11.6 Å². The number of aromatic nitrogens is 2. The summed E-state index contributed by atoms with van der Waals surface area (Å²) in [7, 11) is -3.68. The summed E-state index contributed by atoms with van der Waals surface area (Å²) in [6.45, 7) is 7.83. The van der Waals surface area contributed by atoms with Crippen LogP contribution in [0.2, 0.25) is 0 Å². The standard InChI is InChI=1S/C18H24N4O2S/c1-13-8-10-22(11-9-13)18-7-6-17(19-20-18)21-25(23,24)16-12-14(2)4-5-15(16)3/h4-7,12-13H,8-11H2,1-3H3,(H,19,21). The van der Waals surface area contributed by atoms with Gasteiger partial charge in [0, 0.05) is 13.1 Å². The molecule has 25 heavy (non-hydrogen) atoms. The predicted molar refractivity (Wildman–Crippen MR) is 99.4 cm³/mol. The van der Waals surface area contributed by atoms with Crippen LogP contribution < -0.4 is 9.62 Å². The van der Waals surface area contributed by atoms with Crippen molar-refractivity contribution in [3.05, 3.63) is 41.5 Å². The lowest BCUT2D eigenvalue weighted by atomic mass is 9.99. The molecule has 1 aromatic carbocycles. The molecule has 1 saturated heterocycles. The fraction of sp³-hybridized carbons (Fsp3) is 0.444. The SMILES string of the molecule is Cc1ccc(C)c(S(=O)(=O)Nc2ccc(N3CCC(C)CC3)nn2)c1. The molecule has 134 valence electrons. The molecule has 1 N–H and O–H groups in total. The molecule has 0 amide bonds. The average Bonchev–Trinajstić information content (AvgIpc) is 2.58. The monoisotopic (exact) mass is 360 g/mol. The molecule has 0 aliphatic carbocycles. The van der Waals surface area contributed by atoms with Crippen molar-refractivity contribution >= 4 is 21.7 Å². The molecule has 7 heteroatoms. The van der Waals surface area contributed by atoms with E-state index in [4.69, 9.17) is 0 Å². The molecule has 0 bridgehead atoms. The number of sulfonamides is 1. The van der Waals surface area contributed by atoms with E-state index < -0.39 is 10.0 Å². The van der Waals surface area contributed by atoms with Crippen LogP contribution in [0, 0.1) is 19.8 Å². The van der Waals surface area contributed by atoms with E-state index in [1.165, 1.54) is 0 Å². The Morgan fingerprint density at radius 3 is 2.44 bits per heavy atom. The van der Waals surface area contributed by atoms with Crippen molar-refractivity contribution in [2.75, 3.05) is 22.7 Å². The van der Waals surface area contributed by atoms with E-state index in [2.05, 4.69) is 26.7 Å². The number of rotatable bonds is 4. The Morgan fingerprint density at radius 2 is 1.80 bits per heavy atom. The molecule has 0 atom stereocenters. The highest BCUT2D eigenvalue weighted by Gasteiger charge is 2.20. The molecule has 1 fully saturated rings. The molecule has 0 unspecified atom stereocenters. The van der Waals surface area contributed by atoms with Gasteiger partial charge < -0.3 is 4.90 Å². The minimum Gasteiger partial charge on any atom is -0.355 e. The molecule has 6 nitrogen and oxygen atoms in total. The summed E-state index contributed by atoms with van der Waals surface area (Å²) in [5.74, 6) is 1.77. The van der Waals surface area contributed by atoms with Crippen LogP contribution in [0.4, 0.5) is 11.6 Å². The van der Waals surface area contributed by atoms with Crippen LogP contribution in [0.1, 0.15) is 30.9 Å². The molecule has 0 radical (unpaired) electrons. The van der Waals surface area contributed by atoms with Crippen LogP contribution in [-0.2, 0) is 10.0 Å². The topological polar surface area (TPSA) is 75.2 Å². The van der Waals surface area contributed by atoms with E-state index in [1.807, 2.05) is 19.1 Å². The number of hydrogen-bond acceptors (Lipinski definition) is 5. The molecule has 1 aliphatic heterocycles. The molecular weight excluding hydrogens is 336 g/mol. The van der Waals surface area contributed by atoms with Crippen molar-refractivity contribution in [2.45, 2.75) is 38.5 Å². The van der Waals surface area contributed by atoms with Crippen LogP contribution in [0.25, 0.3) is 0 Å². The van der Waals surface area contributed by atoms with Crippen molar-refractivity contribution in [1.82, 2.24) is 10.2 Å². The third kappa shape index (κ3) is 4.10. The number of nitrogens with zero attached hydrogens (tertiary/aromatic N) is 3. The van der Waals surface area contributed by atoms with Gasteiger partial charge in [-0.05, 0) is 61.9 Å². The summed E-state index contributed by atoms with van der Waals surface area (Å²) in [4.78, 5) is 2.46. The Labute approximate surface area is 149 Å². The third-order valence-electron chi connectivity index (χ3n) is 4.63. The van der Waals surface area contributed by atoms with Gasteiger partial charge in [-0.25, -0.2) is 8.42 Å². The lowest BCUT2D eigenvalue weighted by molar-refractivity contribution is 0.436. The molecular formula is C18H24N4O2S. The zero-order chi connectivity index (χ0) is 18.0. The lowest BCUT2D eigenvalue weighted by Gasteiger charge is -2.30. The van der Waals surface area contributed by atoms with E-state index in [-0.39, 0.29) is 10.7 Å². The Bertz CT molecular complexity index is 842. The maximum atomic E-state index is 12.6. The second-order valence-electron chi connectivity index (χ2n) is 6.82. The number of hydrogen-bond donors (Lipinski definition) is 1. The molecule has 2 aromatic rings. The zero-order valence-electron chi connectivity index (χ0n) is 14.9. The first-order chi connectivity index (χ1) is 11.8. The van der Waals surface area contributed by atoms with Gasteiger partial charge in [-0.1, -0.05) is 19.1 Å². The van der Waals surface area contributed by atoms with E-state index in [9.17, 15) is 8.42 Å². The van der Waals surface area contributed by atoms with Crippen LogP contribution in [0.3, 0.4) is 0 Å². The summed E-state index contributed by atoms with van der Waals surface area (Å²) in [5, 5.41) is 8.25. The fourth-order valence-electron chi connectivity index (χ4n) is 2.98. The van der Waals surface area contributed by atoms with Crippen molar-refractivity contribution < 1.29 is 8.42 Å². The molecule has 2 heterocycles. The van der Waals surface area contributed by atoms with E-state index in [0.29, 0.717) is 5.56 Å². The van der Waals surface area contributed by atoms with Gasteiger partial charge in [0.2, 0.25) is 0 Å². The Kier molecular flexibility index (Phi) is 4.94. The normalized spacial score (nSPS) is 16.0. The first-order valence-electron chi connectivity index (χ1n) is 8.54. The fourth-order valence-corrected chi connectivity index (χ4v) is 4.30. The Hall–Kier alpha value is -2.15. The Morgan fingerprint density at radius 1 is 1.08 bits per heavy atom. The van der Waals surface area contributed by atoms with E-state index in [1.54, 1.807) is 25.1 Å². The number of benzene rings is 1. The van der Waals surface area contributed by atoms with Crippen molar-refractivity contribution in [3.8, 4) is 0 Å². The van der Waals surface area contributed by atoms with Crippen LogP contribution in [-0.4, -0.2) is 31.7 Å². The minimum absolute atomic E-state index is 0.232. The summed E-state index contributed by atoms with van der Waals surface area (Å²) in [6.07, 6.45) is 2.28. The van der Waals surface area contributed by atoms with Gasteiger partial charge in [-0.3, -0.25) is 4.72 Å². The van der Waals surface area contributed by atoms with E-state index >= 15 is 0 Å². The summed E-state index contributed by atoms with van der Waals surface area (Å²) < 4.78 is 27.7. The molecule has 3 rings (SSSR count). The summed E-state index contributed by atoms with van der Waals surface area (Å²) in [6, 6.07) is 8.85. The minimum atomic E-state index is -3.68. The van der Waals surface area contributed by atoms with Gasteiger partial charge in [-0.2, -0.15) is 0 Å². The van der Waals surface area contributed by atoms with Crippen LogP contribution in [0.5, 0.6) is 0 Å². The summed E-state index contributed by atoms with van der Waals surface area (Å²) >= 11 is 0. The predicted octanol–water partition coefficient (Wildman–Crippen LogP) is 3.13. The number of nitrogens with one attached hydrogen (secondary N) is 1. The first kappa shape index (κ1) is 17.7. The maximum Gasteiger partial charge on any atom is 0.263 e. The second-order valence-corrected chi connectivity index (χ2v) is 8.47. The highest BCUT2D eigenvalue weighted by Crippen LogP contribution is 2.23. The molecule has 0 saturated carbocycles. The van der Waals surface area contributed by atoms with Crippen molar-refractivity contribution in [3.63, 3.8) is 0 Å². The molecule has 1 aliphatic rings. The van der Waals surface area contributed by atoms with Crippen molar-refractivity contribution in [2.24, 2.45) is 5.92 Å². The zero-order valence-corrected chi connectivity index (χ0v) is 15.7. The van der Waals surface area contributed by atoms with Crippen molar-refractivity contribution in [1.29, 1.82) is 0 Å². The highest BCUT2D eigenvalue weighted by molar-refractivity contribution is 7.92. The number of aryl methyl sites for hydroxylation is 2. The van der Waals surface area contributed by atoms with Gasteiger partial charge >= 0.3 is 0 Å². The quantitative estimate of drug-likeness (QED) is 0.907. The summed E-state index contributed by atoms with van der Waals surface area (Å²) in [5.41, 5.74) is 1.59. The van der Waals surface area contributed by atoms with Crippen LogP contribution >= 0.6 is 0 Å². The molecule has 1 aromatic heterocycles. The smallest absolute Gasteiger partial charge is 0.263 e. The second kappa shape index (κ2) is 7.00. The van der Waals surface area contributed by atoms with Gasteiger partial charge in [0.05, 0.1) is 4.90 Å². The first-order valence-corrected chi connectivity index (χ1v) is 10.0. The van der Waals surface area contributed by atoms with Gasteiger partial charge in [0.25, 0.3) is 10.0 Å². The van der Waals surface area contributed by atoms with Gasteiger partial charge in [0.1, 0.15) is 0 Å². The average molecular weight is 360 g/mol. The number of piperidine rings is 1. The largest absolute Gasteiger partial charge is 0.355 e. The lowest BCUT2D eigenvalue weighted by Crippen LogP contribution is -2.33. The number of anilines is 2.